The molecule has 10 heteroatoms. The fourth-order valence-electron chi connectivity index (χ4n) is 2.67. The van der Waals surface area contributed by atoms with E-state index in [1.54, 1.807) is 32.9 Å². The lowest BCUT2D eigenvalue weighted by Gasteiger charge is -2.16. The van der Waals surface area contributed by atoms with Crippen LogP contribution in [-0.2, 0) is 20.0 Å². The molecular formula is C20H27N3O5S2. The first-order chi connectivity index (χ1) is 13.8. The number of nitrogens with zero attached hydrogens (tertiary/aromatic N) is 1. The Morgan fingerprint density at radius 2 is 1.33 bits per heavy atom. The van der Waals surface area contributed by atoms with E-state index < -0.39 is 20.0 Å². The molecule has 8 nitrogen and oxygen atoms in total. The molecule has 0 aromatic heterocycles. The van der Waals surface area contributed by atoms with Crippen LogP contribution in [0.15, 0.2) is 58.3 Å². The van der Waals surface area contributed by atoms with Gasteiger partial charge in [0, 0.05) is 25.7 Å². The van der Waals surface area contributed by atoms with Crippen LogP contribution >= 0.6 is 0 Å². The Hall–Kier alpha value is -2.27. The Kier molecular flexibility index (Phi) is 7.40. The minimum Gasteiger partial charge on any atom is -0.346 e. The Bertz CT molecular complexity index is 1090. The van der Waals surface area contributed by atoms with Gasteiger partial charge in [-0.15, -0.1) is 0 Å². The van der Waals surface area contributed by atoms with Crippen molar-refractivity contribution in [3.05, 3.63) is 59.7 Å². The first-order valence-electron chi connectivity index (χ1n) is 9.30. The van der Waals surface area contributed by atoms with E-state index in [0.29, 0.717) is 5.56 Å². The molecule has 0 heterocycles. The number of sulfonamides is 2. The third-order valence-electron chi connectivity index (χ3n) is 4.32. The molecule has 0 spiro atoms. The van der Waals surface area contributed by atoms with E-state index in [0.717, 1.165) is 9.87 Å². The maximum atomic E-state index is 12.5. The smallest absolute Gasteiger partial charge is 0.251 e. The average molecular weight is 454 g/mol. The average Bonchev–Trinajstić information content (AvgIpc) is 2.67. The Labute approximate surface area is 178 Å². The highest BCUT2D eigenvalue weighted by atomic mass is 32.2. The molecule has 2 N–H and O–H groups in total. The van der Waals surface area contributed by atoms with Gasteiger partial charge in [0.1, 0.15) is 0 Å². The molecule has 0 aliphatic carbocycles. The minimum atomic E-state index is -3.62. The monoisotopic (exact) mass is 453 g/mol. The maximum Gasteiger partial charge on any atom is 0.251 e. The summed E-state index contributed by atoms with van der Waals surface area (Å²) < 4.78 is 52.2. The Morgan fingerprint density at radius 1 is 0.833 bits per heavy atom. The highest BCUT2D eigenvalue weighted by Crippen LogP contribution is 2.19. The summed E-state index contributed by atoms with van der Waals surface area (Å²) in [7, 11) is -4.22. The number of amides is 1. The quantitative estimate of drug-likeness (QED) is 0.636. The van der Waals surface area contributed by atoms with Crippen molar-refractivity contribution in [3.8, 4) is 0 Å². The Balaban J connectivity index is 2.11. The summed E-state index contributed by atoms with van der Waals surface area (Å²) in [5.41, 5.74) is 1.05. The van der Waals surface area contributed by atoms with Crippen LogP contribution in [0.3, 0.4) is 0 Å². The molecule has 0 saturated carbocycles. The van der Waals surface area contributed by atoms with Crippen molar-refractivity contribution >= 4 is 26.0 Å². The topological polar surface area (TPSA) is 113 Å². The molecule has 30 heavy (non-hydrogen) atoms. The van der Waals surface area contributed by atoms with Gasteiger partial charge in [0.15, 0.2) is 0 Å². The van der Waals surface area contributed by atoms with Gasteiger partial charge >= 0.3 is 0 Å². The minimum absolute atomic E-state index is 0.0819. The fraction of sp³-hybridized carbons (Fsp3) is 0.350. The molecule has 0 bridgehead atoms. The lowest BCUT2D eigenvalue weighted by molar-refractivity contribution is 0.0939. The molecule has 0 fully saturated rings. The first-order valence-corrected chi connectivity index (χ1v) is 12.2. The molecule has 0 aliphatic rings. The molecule has 164 valence electrons. The van der Waals surface area contributed by atoms with Crippen molar-refractivity contribution in [3.63, 3.8) is 0 Å². The normalized spacial score (nSPS) is 13.4. The summed E-state index contributed by atoms with van der Waals surface area (Å²) >= 11 is 0. The predicted octanol–water partition coefficient (Wildman–Crippen LogP) is 2.11. The number of benzene rings is 2. The van der Waals surface area contributed by atoms with Crippen LogP contribution in [0, 0.1) is 0 Å². The van der Waals surface area contributed by atoms with Gasteiger partial charge < -0.3 is 5.32 Å². The number of hydrogen-bond acceptors (Lipinski definition) is 5. The molecule has 2 aromatic rings. The zero-order valence-corrected chi connectivity index (χ0v) is 19.2. The molecule has 1 unspecified atom stereocenters. The highest BCUT2D eigenvalue weighted by Gasteiger charge is 2.19. The van der Waals surface area contributed by atoms with Crippen LogP contribution in [0.5, 0.6) is 0 Å². The van der Waals surface area contributed by atoms with Crippen molar-refractivity contribution in [1.29, 1.82) is 0 Å². The van der Waals surface area contributed by atoms with Gasteiger partial charge in [0.25, 0.3) is 5.91 Å². The van der Waals surface area contributed by atoms with E-state index in [9.17, 15) is 21.6 Å². The maximum absolute atomic E-state index is 12.5. The molecule has 1 atom stereocenters. The molecule has 0 saturated heterocycles. The van der Waals surface area contributed by atoms with Gasteiger partial charge in [0.2, 0.25) is 20.0 Å². The summed E-state index contributed by atoms with van der Waals surface area (Å²) in [5.74, 6) is -0.367. The standard InChI is InChI=1S/C20H27N3O5S2/c1-14(2)22-29(25,26)18-10-8-17(9-11-18)20(24)21-15(3)16-6-12-19(13-7-16)30(27,28)23(4)5/h6-15,22H,1-5H3,(H,21,24). The number of nitrogens with one attached hydrogen (secondary N) is 2. The highest BCUT2D eigenvalue weighted by molar-refractivity contribution is 7.89. The van der Waals surface area contributed by atoms with Gasteiger partial charge in [-0.1, -0.05) is 12.1 Å². The van der Waals surface area contributed by atoms with Crippen molar-refractivity contribution in [2.75, 3.05) is 14.1 Å². The number of hydrogen-bond donors (Lipinski definition) is 2. The van der Waals surface area contributed by atoms with E-state index in [4.69, 9.17) is 0 Å². The summed E-state index contributed by atoms with van der Waals surface area (Å²) in [6.45, 7) is 5.23. The van der Waals surface area contributed by atoms with Crippen LogP contribution in [0.25, 0.3) is 0 Å². The molecule has 0 radical (unpaired) electrons. The largest absolute Gasteiger partial charge is 0.346 e. The van der Waals surface area contributed by atoms with Gasteiger partial charge in [-0.25, -0.2) is 25.9 Å². The lowest BCUT2D eigenvalue weighted by Crippen LogP contribution is -2.30. The molecule has 2 rings (SSSR count). The van der Waals surface area contributed by atoms with Crippen LogP contribution in [0.4, 0.5) is 0 Å². The predicted molar refractivity (Wildman–Crippen MR) is 115 cm³/mol. The van der Waals surface area contributed by atoms with E-state index in [2.05, 4.69) is 10.0 Å². The molecule has 0 aliphatic heterocycles. The second-order valence-electron chi connectivity index (χ2n) is 7.35. The number of rotatable bonds is 8. The van der Waals surface area contributed by atoms with Crippen molar-refractivity contribution in [1.82, 2.24) is 14.3 Å². The molecular weight excluding hydrogens is 426 g/mol. The van der Waals surface area contributed by atoms with Crippen molar-refractivity contribution in [2.24, 2.45) is 0 Å². The Morgan fingerprint density at radius 3 is 1.80 bits per heavy atom. The summed E-state index contributed by atoms with van der Waals surface area (Å²) in [4.78, 5) is 12.8. The second kappa shape index (κ2) is 9.25. The van der Waals surface area contributed by atoms with Gasteiger partial charge in [-0.3, -0.25) is 4.79 Å². The summed E-state index contributed by atoms with van der Waals surface area (Å²) in [5, 5.41) is 2.82. The van der Waals surface area contributed by atoms with E-state index in [1.807, 2.05) is 0 Å². The van der Waals surface area contributed by atoms with Gasteiger partial charge in [-0.05, 0) is 62.7 Å². The zero-order chi connectivity index (χ0) is 22.7. The van der Waals surface area contributed by atoms with Gasteiger partial charge in [-0.2, -0.15) is 0 Å². The van der Waals surface area contributed by atoms with Crippen LogP contribution in [-0.4, -0.2) is 47.2 Å². The number of carbonyl (C=O) groups is 1. The van der Waals surface area contributed by atoms with Crippen molar-refractivity contribution < 1.29 is 21.6 Å². The van der Waals surface area contributed by atoms with E-state index >= 15 is 0 Å². The van der Waals surface area contributed by atoms with Crippen molar-refractivity contribution in [2.45, 2.75) is 42.6 Å². The number of carbonyl (C=O) groups excluding carboxylic acids is 1. The van der Waals surface area contributed by atoms with E-state index in [1.165, 1.54) is 50.5 Å². The first kappa shape index (κ1) is 24.0. The lowest BCUT2D eigenvalue weighted by atomic mass is 10.1. The van der Waals surface area contributed by atoms with Crippen LogP contribution in [0.2, 0.25) is 0 Å². The second-order valence-corrected chi connectivity index (χ2v) is 11.2. The van der Waals surface area contributed by atoms with Gasteiger partial charge in [0.05, 0.1) is 15.8 Å². The SMILES string of the molecule is CC(C)NS(=O)(=O)c1ccc(C(=O)NC(C)c2ccc(S(=O)(=O)N(C)C)cc2)cc1. The summed E-state index contributed by atoms with van der Waals surface area (Å²) in [6, 6.07) is 11.3. The van der Waals surface area contributed by atoms with E-state index in [-0.39, 0.29) is 27.8 Å². The molecule has 2 aromatic carbocycles. The summed E-state index contributed by atoms with van der Waals surface area (Å²) in [6.07, 6.45) is 0. The molecule has 1 amide bonds. The third kappa shape index (κ3) is 5.66. The van der Waals surface area contributed by atoms with Crippen LogP contribution < -0.4 is 10.0 Å². The zero-order valence-electron chi connectivity index (χ0n) is 17.6. The fourth-order valence-corrected chi connectivity index (χ4v) is 4.82. The van der Waals surface area contributed by atoms with Crippen LogP contribution in [0.1, 0.15) is 42.7 Å². The third-order valence-corrected chi connectivity index (χ3v) is 7.83.